The second-order valence-corrected chi connectivity index (χ2v) is 8.40. The number of hydrogen-bond donors (Lipinski definition) is 0. The summed E-state index contributed by atoms with van der Waals surface area (Å²) in [4.78, 5) is 12.4. The van der Waals surface area contributed by atoms with E-state index < -0.39 is 16.1 Å². The molecule has 0 radical (unpaired) electrons. The Balaban J connectivity index is 1.43. The van der Waals surface area contributed by atoms with Crippen molar-refractivity contribution in [2.75, 3.05) is 25.4 Å². The van der Waals surface area contributed by atoms with Crippen molar-refractivity contribution in [3.8, 4) is 11.5 Å². The lowest BCUT2D eigenvalue weighted by Crippen LogP contribution is -2.43. The number of ether oxygens (including phenoxy) is 1. The van der Waals surface area contributed by atoms with Crippen LogP contribution in [0, 0.1) is 0 Å². The largest absolute Gasteiger partial charge is 0.366 e. The van der Waals surface area contributed by atoms with Gasteiger partial charge in [0.05, 0.1) is 12.4 Å². The Bertz CT molecular complexity index is 1010. The molecule has 0 N–H and O–H groups in total. The van der Waals surface area contributed by atoms with E-state index in [0.29, 0.717) is 24.5 Å². The third-order valence-electron chi connectivity index (χ3n) is 4.43. The molecular formula is C18H19N5O4S. The molecule has 10 heteroatoms. The zero-order valence-corrected chi connectivity index (χ0v) is 15.8. The highest BCUT2D eigenvalue weighted by Gasteiger charge is 2.33. The third kappa shape index (κ3) is 4.24. The van der Waals surface area contributed by atoms with Crippen LogP contribution >= 0.6 is 0 Å². The van der Waals surface area contributed by atoms with Gasteiger partial charge >= 0.3 is 0 Å². The predicted molar refractivity (Wildman–Crippen MR) is 99.5 cm³/mol. The van der Waals surface area contributed by atoms with E-state index in [-0.39, 0.29) is 24.8 Å². The van der Waals surface area contributed by atoms with Crippen LogP contribution in [-0.4, -0.2) is 58.3 Å². The standard InChI is InChI=1S/C18H19N5O4S/c24-28(25,12-6-14-4-8-19-9-5-14)23-10-11-26-16(13-23)18-21-17(22-27-18)15-3-1-2-7-20-15/h1-5,7-9,16H,6,10-13H2. The van der Waals surface area contributed by atoms with Crippen LogP contribution in [0.4, 0.5) is 0 Å². The van der Waals surface area contributed by atoms with E-state index in [0.717, 1.165) is 5.56 Å². The van der Waals surface area contributed by atoms with Crippen molar-refractivity contribution < 1.29 is 17.7 Å². The lowest BCUT2D eigenvalue weighted by Gasteiger charge is -2.30. The van der Waals surface area contributed by atoms with Gasteiger partial charge in [0.1, 0.15) is 5.69 Å². The summed E-state index contributed by atoms with van der Waals surface area (Å²) < 4.78 is 37.9. The summed E-state index contributed by atoms with van der Waals surface area (Å²) in [6.07, 6.45) is 4.77. The summed E-state index contributed by atoms with van der Waals surface area (Å²) in [6, 6.07) is 9.02. The first kappa shape index (κ1) is 18.7. The van der Waals surface area contributed by atoms with Gasteiger partial charge in [-0.25, -0.2) is 8.42 Å². The Morgan fingerprint density at radius 2 is 2.00 bits per heavy atom. The molecular weight excluding hydrogens is 382 g/mol. The highest BCUT2D eigenvalue weighted by molar-refractivity contribution is 7.89. The van der Waals surface area contributed by atoms with Crippen LogP contribution < -0.4 is 0 Å². The lowest BCUT2D eigenvalue weighted by molar-refractivity contribution is -0.0199. The van der Waals surface area contributed by atoms with Crippen LogP contribution in [0.3, 0.4) is 0 Å². The van der Waals surface area contributed by atoms with Crippen molar-refractivity contribution in [2.45, 2.75) is 12.5 Å². The molecule has 0 aliphatic carbocycles. The third-order valence-corrected chi connectivity index (χ3v) is 6.27. The molecule has 4 rings (SSSR count). The summed E-state index contributed by atoms with van der Waals surface area (Å²) in [5, 5.41) is 3.92. The first-order chi connectivity index (χ1) is 13.6. The smallest absolute Gasteiger partial charge is 0.257 e. The highest BCUT2D eigenvalue weighted by atomic mass is 32.2. The van der Waals surface area contributed by atoms with Crippen molar-refractivity contribution in [2.24, 2.45) is 0 Å². The molecule has 28 heavy (non-hydrogen) atoms. The van der Waals surface area contributed by atoms with Crippen LogP contribution in [0.2, 0.25) is 0 Å². The molecule has 1 saturated heterocycles. The molecule has 3 aromatic rings. The number of morpholine rings is 1. The molecule has 0 amide bonds. The number of pyridine rings is 2. The Kier molecular flexibility index (Phi) is 5.42. The van der Waals surface area contributed by atoms with E-state index in [1.54, 1.807) is 30.7 Å². The van der Waals surface area contributed by atoms with Crippen LogP contribution in [0.1, 0.15) is 17.6 Å². The molecule has 1 aliphatic rings. The van der Waals surface area contributed by atoms with Crippen LogP contribution in [-0.2, 0) is 21.2 Å². The second kappa shape index (κ2) is 8.13. The first-order valence-electron chi connectivity index (χ1n) is 8.85. The summed E-state index contributed by atoms with van der Waals surface area (Å²) in [7, 11) is -3.44. The lowest BCUT2D eigenvalue weighted by atomic mass is 10.2. The molecule has 4 heterocycles. The Labute approximate surface area is 162 Å². The molecule has 146 valence electrons. The average Bonchev–Trinajstić information content (AvgIpc) is 3.24. The summed E-state index contributed by atoms with van der Waals surface area (Å²) in [5.41, 5.74) is 1.51. The molecule has 3 aromatic heterocycles. The van der Waals surface area contributed by atoms with Gasteiger partial charge in [-0.1, -0.05) is 11.2 Å². The number of nitrogens with zero attached hydrogens (tertiary/aromatic N) is 5. The number of sulfonamides is 1. The normalized spacial score (nSPS) is 18.2. The Morgan fingerprint density at radius 3 is 2.79 bits per heavy atom. The van der Waals surface area contributed by atoms with Crippen molar-refractivity contribution in [3.63, 3.8) is 0 Å². The van der Waals surface area contributed by atoms with E-state index >= 15 is 0 Å². The molecule has 1 atom stereocenters. The number of hydrogen-bond acceptors (Lipinski definition) is 8. The van der Waals surface area contributed by atoms with Gasteiger partial charge in [-0.2, -0.15) is 9.29 Å². The minimum absolute atomic E-state index is 0.0206. The van der Waals surface area contributed by atoms with E-state index in [1.165, 1.54) is 4.31 Å². The van der Waals surface area contributed by atoms with Crippen molar-refractivity contribution in [1.29, 1.82) is 0 Å². The first-order valence-corrected chi connectivity index (χ1v) is 10.5. The molecule has 0 aromatic carbocycles. The zero-order chi connectivity index (χ0) is 19.4. The van der Waals surface area contributed by atoms with Gasteiger partial charge in [-0.05, 0) is 36.2 Å². The van der Waals surface area contributed by atoms with E-state index in [9.17, 15) is 8.42 Å². The number of aromatic nitrogens is 4. The maximum atomic E-state index is 12.7. The topological polar surface area (TPSA) is 111 Å². The van der Waals surface area contributed by atoms with Crippen molar-refractivity contribution in [3.05, 3.63) is 60.4 Å². The fraction of sp³-hybridized carbons (Fsp3) is 0.333. The molecule has 1 unspecified atom stereocenters. The summed E-state index contributed by atoms with van der Waals surface area (Å²) in [5.74, 6) is 0.610. The minimum Gasteiger partial charge on any atom is -0.366 e. The molecule has 0 bridgehead atoms. The Morgan fingerprint density at radius 1 is 1.14 bits per heavy atom. The van der Waals surface area contributed by atoms with Gasteiger partial charge in [0.15, 0.2) is 6.10 Å². The zero-order valence-electron chi connectivity index (χ0n) is 15.0. The summed E-state index contributed by atoms with van der Waals surface area (Å²) in [6.45, 7) is 0.708. The molecule has 0 saturated carbocycles. The highest BCUT2D eigenvalue weighted by Crippen LogP contribution is 2.24. The molecule has 1 fully saturated rings. The molecule has 0 spiro atoms. The number of aryl methyl sites for hydroxylation is 1. The summed E-state index contributed by atoms with van der Waals surface area (Å²) >= 11 is 0. The minimum atomic E-state index is -3.44. The van der Waals surface area contributed by atoms with E-state index in [1.807, 2.05) is 18.2 Å². The number of rotatable bonds is 6. The van der Waals surface area contributed by atoms with E-state index in [2.05, 4.69) is 20.1 Å². The molecule has 1 aliphatic heterocycles. The van der Waals surface area contributed by atoms with Gasteiger partial charge < -0.3 is 9.26 Å². The monoisotopic (exact) mass is 401 g/mol. The quantitative estimate of drug-likeness (QED) is 0.610. The van der Waals surface area contributed by atoms with E-state index in [4.69, 9.17) is 9.26 Å². The van der Waals surface area contributed by atoms with Crippen LogP contribution in [0.25, 0.3) is 11.5 Å². The van der Waals surface area contributed by atoms with Gasteiger partial charge in [0.25, 0.3) is 5.89 Å². The van der Waals surface area contributed by atoms with Crippen molar-refractivity contribution >= 4 is 10.0 Å². The van der Waals surface area contributed by atoms with Crippen LogP contribution in [0.15, 0.2) is 53.4 Å². The van der Waals surface area contributed by atoms with Crippen molar-refractivity contribution in [1.82, 2.24) is 24.4 Å². The fourth-order valence-electron chi connectivity index (χ4n) is 2.92. The fourth-order valence-corrected chi connectivity index (χ4v) is 4.39. The van der Waals surface area contributed by atoms with Crippen LogP contribution in [0.5, 0.6) is 0 Å². The predicted octanol–water partition coefficient (Wildman–Crippen LogP) is 1.47. The van der Waals surface area contributed by atoms with Gasteiger partial charge in [-0.3, -0.25) is 9.97 Å². The maximum Gasteiger partial charge on any atom is 0.257 e. The maximum absolute atomic E-state index is 12.7. The Hall–Kier alpha value is -2.69. The van der Waals surface area contributed by atoms with Gasteiger partial charge in [0.2, 0.25) is 15.8 Å². The second-order valence-electron chi connectivity index (χ2n) is 6.31. The SMILES string of the molecule is O=S(=O)(CCc1ccncc1)N1CCOC(c2nc(-c3ccccn3)no2)C1. The van der Waals surface area contributed by atoms with Gasteiger partial charge in [-0.15, -0.1) is 0 Å². The van der Waals surface area contributed by atoms with Gasteiger partial charge in [0, 0.05) is 31.7 Å². The molecule has 9 nitrogen and oxygen atoms in total. The average molecular weight is 401 g/mol.